The smallest absolute Gasteiger partial charge is 0.406 e. The van der Waals surface area contributed by atoms with Crippen LogP contribution in [0.3, 0.4) is 0 Å². The maximum Gasteiger partial charge on any atom is 0.406 e. The van der Waals surface area contributed by atoms with Crippen molar-refractivity contribution in [3.8, 4) is 23.8 Å². The van der Waals surface area contributed by atoms with Gasteiger partial charge in [0.15, 0.2) is 16.5 Å². The summed E-state index contributed by atoms with van der Waals surface area (Å²) < 4.78 is 63.0. The summed E-state index contributed by atoms with van der Waals surface area (Å²) in [6.45, 7) is -1.66. The molecule has 12 heteroatoms. The zero-order chi connectivity index (χ0) is 23.6. The summed E-state index contributed by atoms with van der Waals surface area (Å²) in [5, 5.41) is 1.58. The second-order valence-electron chi connectivity index (χ2n) is 6.70. The Morgan fingerprint density at radius 2 is 1.97 bits per heavy atom. The quantitative estimate of drug-likeness (QED) is 0.478. The highest BCUT2D eigenvalue weighted by molar-refractivity contribution is 7.10. The lowest BCUT2D eigenvalue weighted by Gasteiger charge is -2.28. The summed E-state index contributed by atoms with van der Waals surface area (Å²) in [4.78, 5) is 31.7. The second-order valence-corrected chi connectivity index (χ2v) is 7.56. The van der Waals surface area contributed by atoms with Crippen molar-refractivity contribution in [3.63, 3.8) is 0 Å². The van der Waals surface area contributed by atoms with Gasteiger partial charge in [0.05, 0.1) is 19.9 Å². The van der Waals surface area contributed by atoms with Crippen LogP contribution in [0.1, 0.15) is 21.9 Å². The Balaban J connectivity index is 2.08. The average molecular weight is 471 g/mol. The molecule has 2 heterocycles. The van der Waals surface area contributed by atoms with Crippen LogP contribution in [-0.2, 0) is 4.79 Å². The number of halogens is 4. The molecule has 3 rings (SSSR count). The van der Waals surface area contributed by atoms with E-state index in [1.807, 2.05) is 0 Å². The van der Waals surface area contributed by atoms with Crippen LogP contribution in [-0.4, -0.2) is 61.2 Å². The van der Waals surface area contributed by atoms with Crippen LogP contribution in [0.15, 0.2) is 17.5 Å². The monoisotopic (exact) mass is 471 g/mol. The summed E-state index contributed by atoms with van der Waals surface area (Å²) in [5.41, 5.74) is -0.111. The number of alkyl halides is 3. The van der Waals surface area contributed by atoms with Crippen molar-refractivity contribution in [2.75, 3.05) is 32.2 Å². The Morgan fingerprint density at radius 3 is 2.47 bits per heavy atom. The molecule has 1 aliphatic heterocycles. The summed E-state index contributed by atoms with van der Waals surface area (Å²) in [6.07, 6.45) is 0.622. The van der Waals surface area contributed by atoms with E-state index in [9.17, 15) is 27.2 Å². The van der Waals surface area contributed by atoms with Gasteiger partial charge in [-0.05, 0) is 12.3 Å². The Labute approximate surface area is 184 Å². The maximum absolute atomic E-state index is 14.4. The number of aromatic nitrogens is 1. The predicted octanol–water partition coefficient (Wildman–Crippen LogP) is 3.09. The lowest BCUT2D eigenvalue weighted by Crippen LogP contribution is -2.47. The molecule has 0 bridgehead atoms. The molecule has 0 saturated carbocycles. The Hall–Kier alpha value is -3.33. The Bertz CT molecular complexity index is 1050. The van der Waals surface area contributed by atoms with E-state index in [-0.39, 0.29) is 40.9 Å². The van der Waals surface area contributed by atoms with Crippen LogP contribution in [0.4, 0.5) is 23.2 Å². The van der Waals surface area contributed by atoms with Gasteiger partial charge in [-0.2, -0.15) is 17.6 Å². The van der Waals surface area contributed by atoms with Gasteiger partial charge in [-0.25, -0.2) is 4.98 Å². The summed E-state index contributed by atoms with van der Waals surface area (Å²) in [7, 11) is 2.39. The van der Waals surface area contributed by atoms with Gasteiger partial charge >= 0.3 is 6.18 Å². The lowest BCUT2D eigenvalue weighted by atomic mass is 10.1. The third kappa shape index (κ3) is 4.62. The van der Waals surface area contributed by atoms with E-state index >= 15 is 0 Å². The first-order valence-corrected chi connectivity index (χ1v) is 10.00. The molecule has 1 aromatic heterocycles. The molecule has 1 unspecified atom stereocenters. The van der Waals surface area contributed by atoms with E-state index in [4.69, 9.17) is 15.9 Å². The zero-order valence-corrected chi connectivity index (χ0v) is 17.7. The molecule has 1 saturated heterocycles. The van der Waals surface area contributed by atoms with Crippen molar-refractivity contribution in [2.45, 2.75) is 18.6 Å². The van der Waals surface area contributed by atoms with Crippen molar-refractivity contribution in [3.05, 3.63) is 34.0 Å². The number of likely N-dealkylation sites (tertiary alicyclic amines) is 1. The number of hydrogen-bond acceptors (Lipinski definition) is 6. The van der Waals surface area contributed by atoms with Crippen molar-refractivity contribution in [2.24, 2.45) is 0 Å². The number of methoxy groups -OCH3 is 2. The molecule has 1 aromatic carbocycles. The molecule has 2 amide bonds. The molecule has 2 aromatic rings. The van der Waals surface area contributed by atoms with Gasteiger partial charge in [-0.15, -0.1) is 17.8 Å². The molecule has 0 spiro atoms. The number of thiazole rings is 1. The number of benzene rings is 1. The first-order chi connectivity index (χ1) is 15.1. The number of terminal acetylenes is 1. The molecule has 0 radical (unpaired) electrons. The van der Waals surface area contributed by atoms with Gasteiger partial charge in [0.25, 0.3) is 5.91 Å². The van der Waals surface area contributed by atoms with Crippen LogP contribution in [0, 0.1) is 18.2 Å². The first-order valence-electron chi connectivity index (χ1n) is 9.12. The fourth-order valence-corrected chi connectivity index (χ4v) is 3.93. The number of nitrogens with zero attached hydrogens (tertiary/aromatic N) is 3. The van der Waals surface area contributed by atoms with Crippen LogP contribution in [0.25, 0.3) is 0 Å². The van der Waals surface area contributed by atoms with Crippen molar-refractivity contribution in [1.29, 1.82) is 0 Å². The molecule has 170 valence electrons. The van der Waals surface area contributed by atoms with E-state index in [1.54, 1.807) is 0 Å². The predicted molar refractivity (Wildman–Crippen MR) is 107 cm³/mol. The fourth-order valence-electron chi connectivity index (χ4n) is 3.33. The number of ether oxygens (including phenoxy) is 2. The summed E-state index contributed by atoms with van der Waals surface area (Å²) in [5.74, 6) is -0.804. The number of hydrogen-bond donors (Lipinski definition) is 0. The third-order valence-electron chi connectivity index (χ3n) is 4.73. The highest BCUT2D eigenvalue weighted by Crippen LogP contribution is 2.36. The zero-order valence-electron chi connectivity index (χ0n) is 16.9. The minimum absolute atomic E-state index is 0.00688. The molecule has 1 atom stereocenters. The standard InChI is InChI=1S/C20H17F4N3O4S/c1-4-16-25-12(9-32-16)18(28)27(11-7-14(30-2)17(21)15(8-11)31-3)13-5-6-26(19(13)29)10-20(22,23)24/h1,7-9,13H,5-6,10H2,2-3H3. The van der Waals surface area contributed by atoms with Crippen LogP contribution in [0.5, 0.6) is 11.5 Å². The number of anilines is 1. The minimum atomic E-state index is -4.60. The van der Waals surface area contributed by atoms with Gasteiger partial charge < -0.3 is 14.4 Å². The van der Waals surface area contributed by atoms with Gasteiger partial charge in [-0.1, -0.05) is 0 Å². The van der Waals surface area contributed by atoms with Gasteiger partial charge in [0.2, 0.25) is 11.7 Å². The topological polar surface area (TPSA) is 72.0 Å². The average Bonchev–Trinajstić information content (AvgIpc) is 3.36. The molecule has 32 heavy (non-hydrogen) atoms. The van der Waals surface area contributed by atoms with Gasteiger partial charge in [-0.3, -0.25) is 14.5 Å². The van der Waals surface area contributed by atoms with Crippen LogP contribution in [0.2, 0.25) is 0 Å². The normalized spacial score (nSPS) is 16.1. The third-order valence-corrected chi connectivity index (χ3v) is 5.50. The largest absolute Gasteiger partial charge is 0.493 e. The van der Waals surface area contributed by atoms with Crippen molar-refractivity contribution >= 4 is 28.8 Å². The lowest BCUT2D eigenvalue weighted by molar-refractivity contribution is -0.157. The number of rotatable bonds is 6. The number of amides is 2. The molecule has 7 nitrogen and oxygen atoms in total. The van der Waals surface area contributed by atoms with E-state index < -0.39 is 36.4 Å². The van der Waals surface area contributed by atoms with Gasteiger partial charge in [0.1, 0.15) is 18.3 Å². The number of carbonyl (C=O) groups excluding carboxylic acids is 2. The molecule has 1 aliphatic rings. The van der Waals surface area contributed by atoms with Crippen molar-refractivity contribution in [1.82, 2.24) is 9.88 Å². The maximum atomic E-state index is 14.4. The molecule has 0 aliphatic carbocycles. The molecular weight excluding hydrogens is 454 g/mol. The molecule has 0 N–H and O–H groups in total. The van der Waals surface area contributed by atoms with Crippen LogP contribution < -0.4 is 14.4 Å². The molecular formula is C20H17F4N3O4S. The van der Waals surface area contributed by atoms with E-state index in [0.717, 1.165) is 28.4 Å². The SMILES string of the molecule is C#Cc1nc(C(=O)N(c2cc(OC)c(F)c(OC)c2)C2CCN(CC(F)(F)F)C2=O)cs1. The van der Waals surface area contributed by atoms with E-state index in [1.165, 1.54) is 19.6 Å². The summed E-state index contributed by atoms with van der Waals surface area (Å²) >= 11 is 1.01. The minimum Gasteiger partial charge on any atom is -0.493 e. The van der Waals surface area contributed by atoms with Crippen LogP contribution >= 0.6 is 11.3 Å². The van der Waals surface area contributed by atoms with Crippen molar-refractivity contribution < 1.29 is 36.6 Å². The molecule has 1 fully saturated rings. The van der Waals surface area contributed by atoms with Gasteiger partial charge in [0, 0.05) is 24.1 Å². The highest BCUT2D eigenvalue weighted by atomic mass is 32.1. The number of carbonyl (C=O) groups is 2. The Morgan fingerprint density at radius 1 is 1.34 bits per heavy atom. The fraction of sp³-hybridized carbons (Fsp3) is 0.350. The Kier molecular flexibility index (Phi) is 6.59. The first kappa shape index (κ1) is 23.3. The van der Waals surface area contributed by atoms with E-state index in [0.29, 0.717) is 4.90 Å². The second kappa shape index (κ2) is 9.04. The highest BCUT2D eigenvalue weighted by Gasteiger charge is 2.44. The summed E-state index contributed by atoms with van der Waals surface area (Å²) in [6, 6.07) is 1.04. The van der Waals surface area contributed by atoms with E-state index in [2.05, 4.69) is 10.9 Å².